The van der Waals surface area contributed by atoms with Gasteiger partial charge in [-0.2, -0.15) is 13.2 Å². The average molecular weight is 485 g/mol. The van der Waals surface area contributed by atoms with Crippen LogP contribution in [0.25, 0.3) is 0 Å². The van der Waals surface area contributed by atoms with Crippen molar-refractivity contribution in [3.05, 3.63) is 76.6 Å². The maximum absolute atomic E-state index is 13.6. The molecule has 2 aromatic carbocycles. The molecule has 0 bridgehead atoms. The largest absolute Gasteiger partial charge is 0.416 e. The lowest BCUT2D eigenvalue weighted by Gasteiger charge is -2.11. The fraction of sp³-hybridized carbons (Fsp3) is 0.100. The Hall–Kier alpha value is -3.18. The minimum Gasteiger partial charge on any atom is -0.324 e. The molecule has 0 unspecified atom stereocenters. The van der Waals surface area contributed by atoms with Crippen LogP contribution in [0.3, 0.4) is 0 Å². The second-order valence-corrected chi connectivity index (χ2v) is 7.62. The number of rotatable bonds is 6. The van der Waals surface area contributed by atoms with Crippen molar-refractivity contribution < 1.29 is 27.2 Å². The highest BCUT2D eigenvalue weighted by Crippen LogP contribution is 2.34. The fourth-order valence-corrected chi connectivity index (χ4v) is 3.19. The van der Waals surface area contributed by atoms with Crippen molar-refractivity contribution in [3.8, 4) is 0 Å². The number of hydrogen-bond donors (Lipinski definition) is 2. The summed E-state index contributed by atoms with van der Waals surface area (Å²) in [5, 5.41) is 12.6. The standard InChI is InChI=1S/C20H13ClF4N4O2S/c21-13-6-5-11(20(23,24)25)9-15(13)26-17(30)10-32-18-8-7-16(28-29-18)27-19(31)12-3-1-2-4-14(12)22/h1-9H,10H2,(H,26,30)(H,27,28,31). The molecule has 32 heavy (non-hydrogen) atoms. The fourth-order valence-electron chi connectivity index (χ4n) is 2.42. The van der Waals surface area contributed by atoms with E-state index in [-0.39, 0.29) is 27.8 Å². The number of carbonyl (C=O) groups is 2. The second kappa shape index (κ2) is 9.96. The minimum atomic E-state index is -4.57. The van der Waals surface area contributed by atoms with Gasteiger partial charge in [0.15, 0.2) is 5.82 Å². The Labute approximate surface area is 188 Å². The molecule has 2 amide bonds. The Morgan fingerprint density at radius 2 is 1.75 bits per heavy atom. The van der Waals surface area contributed by atoms with Gasteiger partial charge in [0.05, 0.1) is 27.6 Å². The third kappa shape index (κ3) is 6.17. The van der Waals surface area contributed by atoms with Crippen LogP contribution in [0.1, 0.15) is 15.9 Å². The van der Waals surface area contributed by atoms with Crippen molar-refractivity contribution in [2.24, 2.45) is 0 Å². The Kier molecular flexibility index (Phi) is 7.31. The highest BCUT2D eigenvalue weighted by molar-refractivity contribution is 7.99. The number of thioether (sulfide) groups is 1. The first-order valence-corrected chi connectivity index (χ1v) is 10.2. The molecule has 2 N–H and O–H groups in total. The first kappa shape index (κ1) is 23.5. The first-order valence-electron chi connectivity index (χ1n) is 8.82. The monoisotopic (exact) mass is 484 g/mol. The lowest BCUT2D eigenvalue weighted by Crippen LogP contribution is -2.16. The van der Waals surface area contributed by atoms with E-state index in [4.69, 9.17) is 11.6 Å². The van der Waals surface area contributed by atoms with Gasteiger partial charge in [-0.1, -0.05) is 35.5 Å². The molecule has 0 atom stereocenters. The smallest absolute Gasteiger partial charge is 0.324 e. The van der Waals surface area contributed by atoms with E-state index >= 15 is 0 Å². The van der Waals surface area contributed by atoms with E-state index in [9.17, 15) is 27.2 Å². The summed E-state index contributed by atoms with van der Waals surface area (Å²) in [6.07, 6.45) is -4.57. The molecule has 3 rings (SSSR count). The summed E-state index contributed by atoms with van der Waals surface area (Å²) in [4.78, 5) is 24.2. The lowest BCUT2D eigenvalue weighted by molar-refractivity contribution is -0.137. The normalized spacial score (nSPS) is 11.2. The van der Waals surface area contributed by atoms with Gasteiger partial charge in [0.2, 0.25) is 5.91 Å². The zero-order valence-electron chi connectivity index (χ0n) is 15.9. The van der Waals surface area contributed by atoms with Crippen LogP contribution in [0.2, 0.25) is 5.02 Å². The van der Waals surface area contributed by atoms with Crippen LogP contribution in [-0.4, -0.2) is 27.8 Å². The molecule has 0 spiro atoms. The number of halogens is 5. The van der Waals surface area contributed by atoms with Gasteiger partial charge in [-0.15, -0.1) is 10.2 Å². The number of hydrogen-bond acceptors (Lipinski definition) is 5. The number of nitrogens with one attached hydrogen (secondary N) is 2. The van der Waals surface area contributed by atoms with Crippen LogP contribution in [0.4, 0.5) is 29.1 Å². The quantitative estimate of drug-likeness (QED) is 0.368. The summed E-state index contributed by atoms with van der Waals surface area (Å²) in [6.45, 7) is 0. The molecular weight excluding hydrogens is 472 g/mol. The number of nitrogens with zero attached hydrogens (tertiary/aromatic N) is 2. The van der Waals surface area contributed by atoms with Gasteiger partial charge in [-0.3, -0.25) is 9.59 Å². The molecule has 6 nitrogen and oxygen atoms in total. The molecule has 0 radical (unpaired) electrons. The van der Waals surface area contributed by atoms with Crippen molar-refractivity contribution in [2.75, 3.05) is 16.4 Å². The summed E-state index contributed by atoms with van der Waals surface area (Å²) in [6, 6.07) is 10.9. The lowest BCUT2D eigenvalue weighted by atomic mass is 10.2. The molecular formula is C20H13ClF4N4O2S. The van der Waals surface area contributed by atoms with Crippen molar-refractivity contribution in [1.82, 2.24) is 10.2 Å². The van der Waals surface area contributed by atoms with Gasteiger partial charge in [0, 0.05) is 0 Å². The minimum absolute atomic E-state index is 0.0360. The zero-order chi connectivity index (χ0) is 23.3. The Morgan fingerprint density at radius 1 is 1.00 bits per heavy atom. The van der Waals surface area contributed by atoms with Gasteiger partial charge in [-0.25, -0.2) is 4.39 Å². The maximum atomic E-state index is 13.6. The number of benzene rings is 2. The van der Waals surface area contributed by atoms with Crippen molar-refractivity contribution in [3.63, 3.8) is 0 Å². The number of carbonyl (C=O) groups excluding carboxylic acids is 2. The van der Waals surface area contributed by atoms with Crippen molar-refractivity contribution >= 4 is 46.7 Å². The third-order valence-electron chi connectivity index (χ3n) is 3.92. The van der Waals surface area contributed by atoms with Crippen LogP contribution in [-0.2, 0) is 11.0 Å². The average Bonchev–Trinajstić information content (AvgIpc) is 2.74. The Bertz CT molecular complexity index is 1140. The molecule has 0 aliphatic heterocycles. The first-order chi connectivity index (χ1) is 15.1. The van der Waals surface area contributed by atoms with E-state index in [2.05, 4.69) is 20.8 Å². The number of anilines is 2. The molecule has 0 saturated heterocycles. The van der Waals surface area contributed by atoms with Gasteiger partial charge in [0.25, 0.3) is 5.91 Å². The second-order valence-electron chi connectivity index (χ2n) is 6.22. The van der Waals surface area contributed by atoms with E-state index < -0.39 is 29.4 Å². The summed E-state index contributed by atoms with van der Waals surface area (Å²) in [5.74, 6) is -2.09. The highest BCUT2D eigenvalue weighted by atomic mass is 35.5. The Balaban J connectivity index is 1.56. The summed E-state index contributed by atoms with van der Waals surface area (Å²) >= 11 is 6.82. The molecule has 0 fully saturated rings. The van der Waals surface area contributed by atoms with E-state index in [1.54, 1.807) is 0 Å². The number of aromatic nitrogens is 2. The molecule has 12 heteroatoms. The summed E-state index contributed by atoms with van der Waals surface area (Å²) in [5.41, 5.74) is -1.26. The van der Waals surface area contributed by atoms with Crippen LogP contribution < -0.4 is 10.6 Å². The van der Waals surface area contributed by atoms with Crippen molar-refractivity contribution in [2.45, 2.75) is 11.2 Å². The third-order valence-corrected chi connectivity index (χ3v) is 5.17. The van der Waals surface area contributed by atoms with Gasteiger partial charge < -0.3 is 10.6 Å². The summed E-state index contributed by atoms with van der Waals surface area (Å²) < 4.78 is 52.1. The van der Waals surface area contributed by atoms with Crippen LogP contribution in [0, 0.1) is 5.82 Å². The van der Waals surface area contributed by atoms with Crippen LogP contribution >= 0.6 is 23.4 Å². The van der Waals surface area contributed by atoms with Gasteiger partial charge in [0.1, 0.15) is 10.8 Å². The molecule has 1 aromatic heterocycles. The molecule has 3 aromatic rings. The summed E-state index contributed by atoms with van der Waals surface area (Å²) in [7, 11) is 0. The van der Waals surface area contributed by atoms with E-state index in [1.165, 1.54) is 30.3 Å². The van der Waals surface area contributed by atoms with Crippen LogP contribution in [0.5, 0.6) is 0 Å². The highest BCUT2D eigenvalue weighted by Gasteiger charge is 2.31. The molecule has 1 heterocycles. The van der Waals surface area contributed by atoms with Gasteiger partial charge in [-0.05, 0) is 42.5 Å². The molecule has 0 saturated carbocycles. The SMILES string of the molecule is O=C(CSc1ccc(NC(=O)c2ccccc2F)nn1)Nc1cc(C(F)(F)F)ccc1Cl. The number of amides is 2. The molecule has 0 aliphatic rings. The van der Waals surface area contributed by atoms with Crippen molar-refractivity contribution in [1.29, 1.82) is 0 Å². The molecule has 166 valence electrons. The molecule has 0 aliphatic carbocycles. The topological polar surface area (TPSA) is 84.0 Å². The Morgan fingerprint density at radius 3 is 2.41 bits per heavy atom. The van der Waals surface area contributed by atoms with E-state index in [1.807, 2.05) is 0 Å². The van der Waals surface area contributed by atoms with E-state index in [0.717, 1.165) is 36.0 Å². The van der Waals surface area contributed by atoms with Crippen LogP contribution in [0.15, 0.2) is 59.6 Å². The van der Waals surface area contributed by atoms with E-state index in [0.29, 0.717) is 5.03 Å². The maximum Gasteiger partial charge on any atom is 0.416 e. The van der Waals surface area contributed by atoms with Gasteiger partial charge >= 0.3 is 6.18 Å². The number of alkyl halides is 3. The predicted molar refractivity (Wildman–Crippen MR) is 112 cm³/mol. The zero-order valence-corrected chi connectivity index (χ0v) is 17.5. The predicted octanol–water partition coefficient (Wildman–Crippen LogP) is 5.27.